The summed E-state index contributed by atoms with van der Waals surface area (Å²) in [6.07, 6.45) is 2.04. The highest BCUT2D eigenvalue weighted by atomic mass is 32.2. The van der Waals surface area contributed by atoms with Gasteiger partial charge in [0.1, 0.15) is 11.5 Å². The van der Waals surface area contributed by atoms with Gasteiger partial charge in [-0.2, -0.15) is 0 Å². The van der Waals surface area contributed by atoms with Crippen molar-refractivity contribution in [1.29, 1.82) is 0 Å². The van der Waals surface area contributed by atoms with Crippen LogP contribution >= 0.6 is 0 Å². The molecule has 0 spiro atoms. The number of rotatable bonds is 4. The lowest BCUT2D eigenvalue weighted by Gasteiger charge is -2.26. The maximum Gasteiger partial charge on any atom is 0.145 e. The lowest BCUT2D eigenvalue weighted by molar-refractivity contribution is 0.291. The summed E-state index contributed by atoms with van der Waals surface area (Å²) in [5.74, 6) is 2.47. The van der Waals surface area contributed by atoms with Gasteiger partial charge in [-0.15, -0.1) is 0 Å². The van der Waals surface area contributed by atoms with Crippen LogP contribution in [0.5, 0.6) is 0 Å². The van der Waals surface area contributed by atoms with Gasteiger partial charge < -0.3 is 5.32 Å². The zero-order chi connectivity index (χ0) is 18.1. The molecule has 0 aliphatic carbocycles. The average molecular weight is 369 g/mol. The third-order valence-corrected chi connectivity index (χ3v) is 6.27. The monoisotopic (exact) mass is 368 g/mol. The third kappa shape index (κ3) is 3.39. The molecule has 4 rings (SSSR count). The standard InChI is InChI=1S/C20H24N4OS/c1-15-3-8-18(24-14-19(21-2)22-20(15)24)17-6-4-16(5-7-17)13-23-9-11-26(25)12-10-23/h3-8,14,21H,9-13H2,1-2H3. The molecule has 0 unspecified atom stereocenters. The first-order valence-electron chi connectivity index (χ1n) is 8.97. The Morgan fingerprint density at radius 2 is 1.85 bits per heavy atom. The van der Waals surface area contributed by atoms with Crippen LogP contribution < -0.4 is 5.32 Å². The van der Waals surface area contributed by atoms with Crippen molar-refractivity contribution in [3.63, 3.8) is 0 Å². The number of hydrogen-bond donors (Lipinski definition) is 1. The predicted molar refractivity (Wildman–Crippen MR) is 108 cm³/mol. The summed E-state index contributed by atoms with van der Waals surface area (Å²) < 4.78 is 13.6. The van der Waals surface area contributed by atoms with E-state index in [1.807, 2.05) is 13.2 Å². The highest BCUT2D eigenvalue weighted by Crippen LogP contribution is 2.25. The number of hydrogen-bond acceptors (Lipinski definition) is 4. The van der Waals surface area contributed by atoms with Gasteiger partial charge >= 0.3 is 0 Å². The maximum absolute atomic E-state index is 11.5. The summed E-state index contributed by atoms with van der Waals surface area (Å²) in [6.45, 7) is 4.86. The summed E-state index contributed by atoms with van der Waals surface area (Å²) in [4.78, 5) is 7.02. The Balaban J connectivity index is 1.59. The number of imidazole rings is 1. The molecule has 2 aromatic heterocycles. The van der Waals surface area contributed by atoms with Crippen LogP contribution in [0.2, 0.25) is 0 Å². The molecule has 1 saturated heterocycles. The highest BCUT2D eigenvalue weighted by molar-refractivity contribution is 7.85. The van der Waals surface area contributed by atoms with Gasteiger partial charge in [0, 0.05) is 49.0 Å². The van der Waals surface area contributed by atoms with Crippen LogP contribution in [0.3, 0.4) is 0 Å². The SMILES string of the molecule is CNc1cn2c(-c3ccc(CN4CCS(=O)CC4)cc3)ccc(C)c2n1. The molecule has 3 heterocycles. The second kappa shape index (κ2) is 7.21. The second-order valence-corrected chi connectivity index (χ2v) is 8.49. The number of nitrogens with one attached hydrogen (secondary N) is 1. The van der Waals surface area contributed by atoms with Gasteiger partial charge in [0.25, 0.3) is 0 Å². The van der Waals surface area contributed by atoms with Crippen molar-refractivity contribution in [3.05, 3.63) is 53.7 Å². The van der Waals surface area contributed by atoms with E-state index in [2.05, 4.69) is 62.9 Å². The first-order valence-corrected chi connectivity index (χ1v) is 10.5. The normalized spacial score (nSPS) is 16.2. The van der Waals surface area contributed by atoms with Gasteiger partial charge in [-0.25, -0.2) is 4.98 Å². The van der Waals surface area contributed by atoms with Crippen LogP contribution in [0.25, 0.3) is 16.9 Å². The van der Waals surface area contributed by atoms with Gasteiger partial charge in [0.2, 0.25) is 0 Å². The van der Waals surface area contributed by atoms with Gasteiger partial charge in [-0.3, -0.25) is 13.5 Å². The Bertz CT molecular complexity index is 938. The van der Waals surface area contributed by atoms with Crippen molar-refractivity contribution in [2.45, 2.75) is 13.5 Å². The number of pyridine rings is 1. The van der Waals surface area contributed by atoms with Crippen molar-refractivity contribution in [1.82, 2.24) is 14.3 Å². The summed E-state index contributed by atoms with van der Waals surface area (Å²) in [6, 6.07) is 13.0. The van der Waals surface area contributed by atoms with E-state index in [-0.39, 0.29) is 0 Å². The highest BCUT2D eigenvalue weighted by Gasteiger charge is 2.15. The summed E-state index contributed by atoms with van der Waals surface area (Å²) >= 11 is 0. The number of fused-ring (bicyclic) bond motifs is 1. The molecule has 0 atom stereocenters. The molecule has 1 fully saturated rings. The van der Waals surface area contributed by atoms with Crippen molar-refractivity contribution in [2.24, 2.45) is 0 Å². The molecule has 0 saturated carbocycles. The van der Waals surface area contributed by atoms with Crippen LogP contribution in [-0.4, -0.2) is 50.1 Å². The van der Waals surface area contributed by atoms with Crippen LogP contribution in [0, 0.1) is 6.92 Å². The third-order valence-electron chi connectivity index (χ3n) is 4.99. The molecular formula is C20H24N4OS. The average Bonchev–Trinajstić information content (AvgIpc) is 3.10. The van der Waals surface area contributed by atoms with Crippen molar-refractivity contribution >= 4 is 22.3 Å². The van der Waals surface area contributed by atoms with E-state index in [9.17, 15) is 4.21 Å². The predicted octanol–water partition coefficient (Wildman–Crippen LogP) is 2.92. The number of nitrogens with zero attached hydrogens (tertiary/aromatic N) is 3. The summed E-state index contributed by atoms with van der Waals surface area (Å²) in [5.41, 5.74) is 5.76. The van der Waals surface area contributed by atoms with Gasteiger partial charge in [0.05, 0.1) is 11.9 Å². The fourth-order valence-electron chi connectivity index (χ4n) is 3.43. The Labute approximate surface area is 156 Å². The molecule has 5 nitrogen and oxygen atoms in total. The fourth-order valence-corrected chi connectivity index (χ4v) is 4.56. The molecule has 1 aromatic carbocycles. The maximum atomic E-state index is 11.5. The number of anilines is 1. The first-order chi connectivity index (χ1) is 12.6. The van der Waals surface area contributed by atoms with E-state index < -0.39 is 10.8 Å². The lowest BCUT2D eigenvalue weighted by atomic mass is 10.1. The molecule has 0 radical (unpaired) electrons. The number of aryl methyl sites for hydroxylation is 1. The van der Waals surface area contributed by atoms with Crippen LogP contribution in [0.1, 0.15) is 11.1 Å². The van der Waals surface area contributed by atoms with Crippen molar-refractivity contribution < 1.29 is 4.21 Å². The Kier molecular flexibility index (Phi) is 4.78. The Morgan fingerprint density at radius 1 is 1.12 bits per heavy atom. The van der Waals surface area contributed by atoms with Crippen molar-refractivity contribution in [3.8, 4) is 11.3 Å². The lowest BCUT2D eigenvalue weighted by Crippen LogP contribution is -2.37. The van der Waals surface area contributed by atoms with E-state index in [1.165, 1.54) is 11.1 Å². The van der Waals surface area contributed by atoms with E-state index in [1.54, 1.807) is 0 Å². The molecule has 1 aliphatic heterocycles. The van der Waals surface area contributed by atoms with E-state index in [0.717, 1.165) is 53.9 Å². The topological polar surface area (TPSA) is 49.6 Å². The van der Waals surface area contributed by atoms with Crippen LogP contribution in [-0.2, 0) is 17.3 Å². The fraction of sp³-hybridized carbons (Fsp3) is 0.350. The minimum Gasteiger partial charge on any atom is -0.372 e. The van der Waals surface area contributed by atoms with Gasteiger partial charge in [-0.05, 0) is 29.7 Å². The molecule has 6 heteroatoms. The Morgan fingerprint density at radius 3 is 2.54 bits per heavy atom. The Hall–Kier alpha value is -2.18. The second-order valence-electron chi connectivity index (χ2n) is 6.79. The molecule has 26 heavy (non-hydrogen) atoms. The molecule has 1 aliphatic rings. The minimum atomic E-state index is -0.617. The van der Waals surface area contributed by atoms with Crippen LogP contribution in [0.15, 0.2) is 42.6 Å². The molecule has 0 amide bonds. The zero-order valence-electron chi connectivity index (χ0n) is 15.2. The molecular weight excluding hydrogens is 344 g/mol. The molecule has 0 bridgehead atoms. The quantitative estimate of drug-likeness (QED) is 0.769. The zero-order valence-corrected chi connectivity index (χ0v) is 16.1. The van der Waals surface area contributed by atoms with Gasteiger partial charge in [-0.1, -0.05) is 30.3 Å². The van der Waals surface area contributed by atoms with E-state index in [0.29, 0.717) is 0 Å². The van der Waals surface area contributed by atoms with Crippen molar-refractivity contribution in [2.75, 3.05) is 37.0 Å². The molecule has 3 aromatic rings. The molecule has 1 N–H and O–H groups in total. The van der Waals surface area contributed by atoms with Crippen LogP contribution in [0.4, 0.5) is 5.82 Å². The molecule has 136 valence electrons. The smallest absolute Gasteiger partial charge is 0.145 e. The van der Waals surface area contributed by atoms with Gasteiger partial charge in [0.15, 0.2) is 0 Å². The summed E-state index contributed by atoms with van der Waals surface area (Å²) in [7, 11) is 1.27. The van der Waals surface area contributed by atoms with E-state index in [4.69, 9.17) is 0 Å². The minimum absolute atomic E-state index is 0.617. The summed E-state index contributed by atoms with van der Waals surface area (Å²) in [5, 5.41) is 3.12. The number of benzene rings is 1. The number of aromatic nitrogens is 2. The first kappa shape index (κ1) is 17.2. The largest absolute Gasteiger partial charge is 0.372 e. The van der Waals surface area contributed by atoms with E-state index >= 15 is 0 Å².